The van der Waals surface area contributed by atoms with Crippen molar-refractivity contribution in [1.82, 2.24) is 0 Å². The first-order chi connectivity index (χ1) is 10.2. The van der Waals surface area contributed by atoms with Gasteiger partial charge in [-0.2, -0.15) is 0 Å². The molecule has 1 aromatic carbocycles. The van der Waals surface area contributed by atoms with E-state index in [1.54, 1.807) is 0 Å². The molecule has 1 N–H and O–H groups in total. The third-order valence-electron chi connectivity index (χ3n) is 3.95. The summed E-state index contributed by atoms with van der Waals surface area (Å²) in [7, 11) is 0. The molecular weight excluding hydrogens is 268 g/mol. The number of aliphatic hydroxyl groups is 1. The molecule has 0 saturated carbocycles. The Morgan fingerprint density at radius 2 is 2.00 bits per heavy atom. The van der Waals surface area contributed by atoms with Gasteiger partial charge in [-0.25, -0.2) is 0 Å². The Labute approximate surface area is 127 Å². The molecule has 1 aliphatic rings. The van der Waals surface area contributed by atoms with Crippen LogP contribution < -0.4 is 9.47 Å². The molecule has 0 bridgehead atoms. The Morgan fingerprint density at radius 3 is 2.76 bits per heavy atom. The molecule has 0 saturated heterocycles. The molecule has 118 valence electrons. The molecule has 2 atom stereocenters. The van der Waals surface area contributed by atoms with E-state index < -0.39 is 6.10 Å². The van der Waals surface area contributed by atoms with E-state index in [1.807, 2.05) is 18.2 Å². The van der Waals surface area contributed by atoms with E-state index in [4.69, 9.17) is 14.2 Å². The average Bonchev–Trinajstić information content (AvgIpc) is 2.97. The lowest BCUT2D eigenvalue weighted by molar-refractivity contribution is 0.0180. The molecule has 0 spiro atoms. The molecule has 0 radical (unpaired) electrons. The van der Waals surface area contributed by atoms with Gasteiger partial charge in [0, 0.05) is 6.61 Å². The van der Waals surface area contributed by atoms with Crippen molar-refractivity contribution in [2.75, 3.05) is 20.0 Å². The minimum absolute atomic E-state index is 0.251. The van der Waals surface area contributed by atoms with Crippen LogP contribution in [-0.4, -0.2) is 25.1 Å². The highest BCUT2D eigenvalue weighted by Crippen LogP contribution is 2.34. The average molecular weight is 294 g/mol. The van der Waals surface area contributed by atoms with E-state index in [2.05, 4.69) is 13.8 Å². The lowest BCUT2D eigenvalue weighted by atomic mass is 10.0. The van der Waals surface area contributed by atoms with Gasteiger partial charge < -0.3 is 19.3 Å². The quantitative estimate of drug-likeness (QED) is 0.754. The fourth-order valence-corrected chi connectivity index (χ4v) is 2.46. The summed E-state index contributed by atoms with van der Waals surface area (Å²) < 4.78 is 16.3. The molecule has 4 nitrogen and oxygen atoms in total. The summed E-state index contributed by atoms with van der Waals surface area (Å²) in [6.07, 6.45) is 4.17. The second-order valence-electron chi connectivity index (χ2n) is 5.58. The Balaban J connectivity index is 1.77. The molecule has 0 amide bonds. The number of ether oxygens (including phenoxy) is 3. The van der Waals surface area contributed by atoms with E-state index >= 15 is 0 Å². The van der Waals surface area contributed by atoms with Crippen molar-refractivity contribution >= 4 is 0 Å². The van der Waals surface area contributed by atoms with Gasteiger partial charge in [0.25, 0.3) is 0 Å². The maximum absolute atomic E-state index is 10.2. The predicted molar refractivity (Wildman–Crippen MR) is 81.6 cm³/mol. The summed E-state index contributed by atoms with van der Waals surface area (Å²) in [4.78, 5) is 0. The Hall–Kier alpha value is -1.26. The van der Waals surface area contributed by atoms with E-state index in [-0.39, 0.29) is 6.79 Å². The molecule has 2 rings (SSSR count). The second kappa shape index (κ2) is 8.25. The Kier molecular flexibility index (Phi) is 6.33. The standard InChI is InChI=1S/C17H26O4/c1-3-5-6-13(4-2)10-19-11-15(18)14-7-8-16-17(9-14)21-12-20-16/h7-9,13,15,18H,3-6,10-12H2,1-2H3. The van der Waals surface area contributed by atoms with Crippen molar-refractivity contribution in [3.63, 3.8) is 0 Å². The lowest BCUT2D eigenvalue weighted by Gasteiger charge is -2.17. The van der Waals surface area contributed by atoms with Crippen LogP contribution in [0.2, 0.25) is 0 Å². The van der Waals surface area contributed by atoms with Gasteiger partial charge >= 0.3 is 0 Å². The highest BCUT2D eigenvalue weighted by Gasteiger charge is 2.17. The zero-order valence-electron chi connectivity index (χ0n) is 13.0. The summed E-state index contributed by atoms with van der Waals surface area (Å²) in [6.45, 7) is 5.69. The third-order valence-corrected chi connectivity index (χ3v) is 3.95. The smallest absolute Gasteiger partial charge is 0.231 e. The zero-order chi connectivity index (χ0) is 15.1. The number of unbranched alkanes of at least 4 members (excludes halogenated alkanes) is 1. The van der Waals surface area contributed by atoms with Crippen LogP contribution in [0.15, 0.2) is 18.2 Å². The molecule has 1 heterocycles. The molecule has 0 fully saturated rings. The van der Waals surface area contributed by atoms with Crippen LogP contribution in [0.1, 0.15) is 51.2 Å². The molecule has 0 aliphatic carbocycles. The SMILES string of the molecule is CCCCC(CC)COCC(O)c1ccc2c(c1)OCO2. The Bertz CT molecular complexity index is 433. The minimum Gasteiger partial charge on any atom is -0.454 e. The monoisotopic (exact) mass is 294 g/mol. The van der Waals surface area contributed by atoms with Crippen LogP contribution in [0.4, 0.5) is 0 Å². The first-order valence-electron chi connectivity index (χ1n) is 7.90. The van der Waals surface area contributed by atoms with Crippen LogP contribution in [0, 0.1) is 5.92 Å². The summed E-state index contributed by atoms with van der Waals surface area (Å²) >= 11 is 0. The van der Waals surface area contributed by atoms with Crippen LogP contribution in [-0.2, 0) is 4.74 Å². The highest BCUT2D eigenvalue weighted by molar-refractivity contribution is 5.45. The number of aliphatic hydroxyl groups excluding tert-OH is 1. The van der Waals surface area contributed by atoms with E-state index in [9.17, 15) is 5.11 Å². The molecule has 1 aliphatic heterocycles. The fourth-order valence-electron chi connectivity index (χ4n) is 2.46. The number of hydrogen-bond donors (Lipinski definition) is 1. The van der Waals surface area contributed by atoms with Gasteiger partial charge in [-0.1, -0.05) is 39.2 Å². The summed E-state index contributed by atoms with van der Waals surface area (Å²) in [6, 6.07) is 5.51. The second-order valence-corrected chi connectivity index (χ2v) is 5.58. The predicted octanol–water partition coefficient (Wildman–Crippen LogP) is 3.68. The number of benzene rings is 1. The van der Waals surface area contributed by atoms with Gasteiger partial charge in [0.2, 0.25) is 6.79 Å². The van der Waals surface area contributed by atoms with E-state index in [0.717, 1.165) is 24.3 Å². The zero-order valence-corrected chi connectivity index (χ0v) is 13.0. The Morgan fingerprint density at radius 1 is 1.19 bits per heavy atom. The van der Waals surface area contributed by atoms with E-state index in [0.29, 0.717) is 18.3 Å². The number of rotatable bonds is 9. The van der Waals surface area contributed by atoms with Crippen molar-refractivity contribution in [3.05, 3.63) is 23.8 Å². The van der Waals surface area contributed by atoms with Crippen molar-refractivity contribution in [2.24, 2.45) is 5.92 Å². The van der Waals surface area contributed by atoms with Crippen LogP contribution in [0.3, 0.4) is 0 Å². The molecule has 1 aromatic rings. The van der Waals surface area contributed by atoms with Crippen LogP contribution in [0.25, 0.3) is 0 Å². The first-order valence-corrected chi connectivity index (χ1v) is 7.90. The summed E-state index contributed by atoms with van der Waals surface area (Å²) in [5, 5.41) is 10.2. The summed E-state index contributed by atoms with van der Waals surface area (Å²) in [5.41, 5.74) is 0.806. The van der Waals surface area contributed by atoms with Gasteiger partial charge in [0.1, 0.15) is 6.10 Å². The molecule has 2 unspecified atom stereocenters. The number of fused-ring (bicyclic) bond motifs is 1. The third kappa shape index (κ3) is 4.61. The van der Waals surface area contributed by atoms with Gasteiger partial charge in [-0.3, -0.25) is 0 Å². The largest absolute Gasteiger partial charge is 0.454 e. The van der Waals surface area contributed by atoms with E-state index in [1.165, 1.54) is 19.3 Å². The van der Waals surface area contributed by atoms with Crippen molar-refractivity contribution < 1.29 is 19.3 Å². The summed E-state index contributed by atoms with van der Waals surface area (Å²) in [5.74, 6) is 2.02. The van der Waals surface area contributed by atoms with Crippen molar-refractivity contribution in [2.45, 2.75) is 45.6 Å². The maximum atomic E-state index is 10.2. The van der Waals surface area contributed by atoms with Gasteiger partial charge in [0.05, 0.1) is 6.61 Å². The molecule has 0 aromatic heterocycles. The number of hydrogen-bond acceptors (Lipinski definition) is 4. The van der Waals surface area contributed by atoms with Gasteiger partial charge in [0.15, 0.2) is 11.5 Å². The maximum Gasteiger partial charge on any atom is 0.231 e. The minimum atomic E-state index is -0.622. The van der Waals surface area contributed by atoms with Crippen molar-refractivity contribution in [3.8, 4) is 11.5 Å². The molecule has 21 heavy (non-hydrogen) atoms. The normalized spacial score (nSPS) is 16.0. The topological polar surface area (TPSA) is 47.9 Å². The lowest BCUT2D eigenvalue weighted by Crippen LogP contribution is -2.13. The van der Waals surface area contributed by atoms with Gasteiger partial charge in [-0.05, 0) is 30.0 Å². The van der Waals surface area contributed by atoms with Crippen molar-refractivity contribution in [1.29, 1.82) is 0 Å². The van der Waals surface area contributed by atoms with Gasteiger partial charge in [-0.15, -0.1) is 0 Å². The molecular formula is C17H26O4. The first kappa shape index (κ1) is 16.1. The van der Waals surface area contributed by atoms with Crippen LogP contribution >= 0.6 is 0 Å². The molecule has 4 heteroatoms. The highest BCUT2D eigenvalue weighted by atomic mass is 16.7. The van der Waals surface area contributed by atoms with Crippen LogP contribution in [0.5, 0.6) is 11.5 Å². The fraction of sp³-hybridized carbons (Fsp3) is 0.647.